The highest BCUT2D eigenvalue weighted by Crippen LogP contribution is 2.28. The predicted octanol–water partition coefficient (Wildman–Crippen LogP) is 3.71. The minimum absolute atomic E-state index is 0.104. The highest BCUT2D eigenvalue weighted by Gasteiger charge is 2.11. The molecule has 106 valence electrons. The SMILES string of the molecule is CCCN(CC(=O)O)Cc1ccc(-c2ccccc2)s1. The molecule has 1 heterocycles. The fourth-order valence-electron chi connectivity index (χ4n) is 2.16. The van der Waals surface area contributed by atoms with Gasteiger partial charge in [0, 0.05) is 16.3 Å². The van der Waals surface area contributed by atoms with Crippen molar-refractivity contribution in [2.24, 2.45) is 0 Å². The summed E-state index contributed by atoms with van der Waals surface area (Å²) in [6.07, 6.45) is 0.962. The van der Waals surface area contributed by atoms with Crippen LogP contribution in [0.15, 0.2) is 42.5 Å². The van der Waals surface area contributed by atoms with Crippen LogP contribution in [-0.4, -0.2) is 29.1 Å². The zero-order chi connectivity index (χ0) is 14.4. The van der Waals surface area contributed by atoms with E-state index in [1.54, 1.807) is 11.3 Å². The van der Waals surface area contributed by atoms with Crippen molar-refractivity contribution in [3.63, 3.8) is 0 Å². The van der Waals surface area contributed by atoms with Gasteiger partial charge in [0.25, 0.3) is 0 Å². The van der Waals surface area contributed by atoms with Crippen molar-refractivity contribution in [2.75, 3.05) is 13.1 Å². The lowest BCUT2D eigenvalue weighted by atomic mass is 10.2. The van der Waals surface area contributed by atoms with E-state index in [1.807, 2.05) is 23.1 Å². The average molecular weight is 289 g/mol. The molecule has 20 heavy (non-hydrogen) atoms. The Bertz CT molecular complexity index is 551. The molecule has 0 aliphatic heterocycles. The standard InChI is InChI=1S/C16H19NO2S/c1-2-10-17(12-16(18)19)11-14-8-9-15(20-14)13-6-4-3-5-7-13/h3-9H,2,10-12H2,1H3,(H,18,19). The Hall–Kier alpha value is -1.65. The first-order valence-electron chi connectivity index (χ1n) is 6.77. The van der Waals surface area contributed by atoms with Gasteiger partial charge in [-0.05, 0) is 30.7 Å². The van der Waals surface area contributed by atoms with E-state index < -0.39 is 5.97 Å². The highest BCUT2D eigenvalue weighted by molar-refractivity contribution is 7.15. The fraction of sp³-hybridized carbons (Fsp3) is 0.312. The molecule has 0 saturated heterocycles. The molecule has 2 aromatic rings. The lowest BCUT2D eigenvalue weighted by Crippen LogP contribution is -2.29. The maximum absolute atomic E-state index is 10.9. The fourth-order valence-corrected chi connectivity index (χ4v) is 3.22. The van der Waals surface area contributed by atoms with Crippen LogP contribution in [-0.2, 0) is 11.3 Å². The minimum atomic E-state index is -0.765. The van der Waals surface area contributed by atoms with Crippen LogP contribution in [0.3, 0.4) is 0 Å². The summed E-state index contributed by atoms with van der Waals surface area (Å²) in [5.74, 6) is -0.765. The Morgan fingerprint density at radius 1 is 1.20 bits per heavy atom. The summed E-state index contributed by atoms with van der Waals surface area (Å²) in [7, 11) is 0. The summed E-state index contributed by atoms with van der Waals surface area (Å²) in [6, 6.07) is 14.5. The number of benzene rings is 1. The monoisotopic (exact) mass is 289 g/mol. The molecule has 1 N–H and O–H groups in total. The third-order valence-corrected chi connectivity index (χ3v) is 4.12. The summed E-state index contributed by atoms with van der Waals surface area (Å²) in [5.41, 5.74) is 1.21. The Morgan fingerprint density at radius 3 is 2.60 bits per heavy atom. The van der Waals surface area contributed by atoms with Gasteiger partial charge in [-0.25, -0.2) is 0 Å². The van der Waals surface area contributed by atoms with Crippen LogP contribution in [0.4, 0.5) is 0 Å². The molecular weight excluding hydrogens is 270 g/mol. The summed E-state index contributed by atoms with van der Waals surface area (Å²) in [4.78, 5) is 15.3. The van der Waals surface area contributed by atoms with Crippen LogP contribution in [0.5, 0.6) is 0 Å². The van der Waals surface area contributed by atoms with E-state index in [0.29, 0.717) is 6.54 Å². The van der Waals surface area contributed by atoms with E-state index in [9.17, 15) is 4.79 Å². The number of hydrogen-bond donors (Lipinski definition) is 1. The second-order valence-corrected chi connectivity index (χ2v) is 5.90. The van der Waals surface area contributed by atoms with E-state index in [4.69, 9.17) is 5.11 Å². The number of thiophene rings is 1. The number of hydrogen-bond acceptors (Lipinski definition) is 3. The maximum Gasteiger partial charge on any atom is 0.317 e. The van der Waals surface area contributed by atoms with Gasteiger partial charge in [0.15, 0.2) is 0 Å². The van der Waals surface area contributed by atoms with Crippen molar-refractivity contribution in [3.8, 4) is 10.4 Å². The third kappa shape index (κ3) is 4.18. The molecule has 0 amide bonds. The van der Waals surface area contributed by atoms with Crippen LogP contribution in [0.2, 0.25) is 0 Å². The number of nitrogens with zero attached hydrogens (tertiary/aromatic N) is 1. The first-order chi connectivity index (χ1) is 9.69. The van der Waals surface area contributed by atoms with Crippen LogP contribution in [0, 0.1) is 0 Å². The van der Waals surface area contributed by atoms with E-state index in [1.165, 1.54) is 15.3 Å². The molecule has 3 nitrogen and oxygen atoms in total. The molecule has 0 aliphatic rings. The van der Waals surface area contributed by atoms with Gasteiger partial charge < -0.3 is 5.11 Å². The molecule has 0 bridgehead atoms. The third-order valence-electron chi connectivity index (χ3n) is 3.00. The van der Waals surface area contributed by atoms with E-state index in [-0.39, 0.29) is 6.54 Å². The molecule has 0 aliphatic carbocycles. The molecule has 0 saturated carbocycles. The number of rotatable bonds is 7. The Morgan fingerprint density at radius 2 is 1.95 bits per heavy atom. The van der Waals surface area contributed by atoms with Crippen molar-refractivity contribution in [1.82, 2.24) is 4.90 Å². The number of aliphatic carboxylic acids is 1. The summed E-state index contributed by atoms with van der Waals surface area (Å²) in [6.45, 7) is 3.69. The second kappa shape index (κ2) is 7.22. The second-order valence-electron chi connectivity index (χ2n) is 4.74. The molecule has 0 atom stereocenters. The van der Waals surface area contributed by atoms with Gasteiger partial charge in [-0.1, -0.05) is 37.3 Å². The number of carboxylic acids is 1. The summed E-state index contributed by atoms with van der Waals surface area (Å²) in [5, 5.41) is 8.93. The smallest absolute Gasteiger partial charge is 0.317 e. The molecule has 2 rings (SSSR count). The lowest BCUT2D eigenvalue weighted by molar-refractivity contribution is -0.138. The molecule has 0 fully saturated rings. The van der Waals surface area contributed by atoms with Gasteiger partial charge >= 0.3 is 5.97 Å². The molecule has 0 unspecified atom stereocenters. The van der Waals surface area contributed by atoms with Crippen LogP contribution in [0.1, 0.15) is 18.2 Å². The first-order valence-corrected chi connectivity index (χ1v) is 7.59. The molecule has 4 heteroatoms. The normalized spacial score (nSPS) is 10.9. The van der Waals surface area contributed by atoms with E-state index in [2.05, 4.69) is 31.2 Å². The molecule has 1 aromatic heterocycles. The van der Waals surface area contributed by atoms with Crippen molar-refractivity contribution < 1.29 is 9.90 Å². The average Bonchev–Trinajstić information content (AvgIpc) is 2.88. The van der Waals surface area contributed by atoms with Gasteiger partial charge in [-0.3, -0.25) is 9.69 Å². The Kier molecular flexibility index (Phi) is 5.32. The van der Waals surface area contributed by atoms with Gasteiger partial charge in [0.2, 0.25) is 0 Å². The van der Waals surface area contributed by atoms with Gasteiger partial charge in [-0.15, -0.1) is 11.3 Å². The zero-order valence-electron chi connectivity index (χ0n) is 11.6. The molecule has 0 radical (unpaired) electrons. The van der Waals surface area contributed by atoms with Crippen LogP contribution in [0.25, 0.3) is 10.4 Å². The lowest BCUT2D eigenvalue weighted by Gasteiger charge is -2.18. The largest absolute Gasteiger partial charge is 0.480 e. The van der Waals surface area contributed by atoms with Gasteiger partial charge in [0.1, 0.15) is 0 Å². The van der Waals surface area contributed by atoms with Crippen LogP contribution >= 0.6 is 11.3 Å². The van der Waals surface area contributed by atoms with Crippen molar-refractivity contribution in [3.05, 3.63) is 47.3 Å². The zero-order valence-corrected chi connectivity index (χ0v) is 12.4. The Labute approximate surface area is 123 Å². The predicted molar refractivity (Wildman–Crippen MR) is 83.0 cm³/mol. The topological polar surface area (TPSA) is 40.5 Å². The van der Waals surface area contributed by atoms with Gasteiger partial charge in [0.05, 0.1) is 6.54 Å². The van der Waals surface area contributed by atoms with E-state index in [0.717, 1.165) is 13.0 Å². The minimum Gasteiger partial charge on any atom is -0.480 e. The van der Waals surface area contributed by atoms with Crippen molar-refractivity contribution in [2.45, 2.75) is 19.9 Å². The molecule has 1 aromatic carbocycles. The summed E-state index contributed by atoms with van der Waals surface area (Å²) < 4.78 is 0. The Balaban J connectivity index is 2.06. The maximum atomic E-state index is 10.9. The van der Waals surface area contributed by atoms with Gasteiger partial charge in [-0.2, -0.15) is 0 Å². The molecular formula is C16H19NO2S. The number of carbonyl (C=O) groups is 1. The quantitative estimate of drug-likeness (QED) is 0.844. The molecule has 0 spiro atoms. The van der Waals surface area contributed by atoms with Crippen LogP contribution < -0.4 is 0 Å². The number of carboxylic acid groups (broad SMARTS) is 1. The van der Waals surface area contributed by atoms with E-state index >= 15 is 0 Å². The highest BCUT2D eigenvalue weighted by atomic mass is 32.1. The van der Waals surface area contributed by atoms with Crippen molar-refractivity contribution >= 4 is 17.3 Å². The first kappa shape index (κ1) is 14.8. The van der Waals surface area contributed by atoms with Crippen molar-refractivity contribution in [1.29, 1.82) is 0 Å². The summed E-state index contributed by atoms with van der Waals surface area (Å²) >= 11 is 1.73.